The summed E-state index contributed by atoms with van der Waals surface area (Å²) in [5.74, 6) is -0.355. The van der Waals surface area contributed by atoms with Crippen LogP contribution in [-0.4, -0.2) is 22.5 Å². The van der Waals surface area contributed by atoms with E-state index >= 15 is 0 Å². The minimum absolute atomic E-state index is 0.355. The Bertz CT molecular complexity index is 491. The summed E-state index contributed by atoms with van der Waals surface area (Å²) in [5.41, 5.74) is 2.16. The first-order valence-electron chi connectivity index (χ1n) is 4.75. The highest BCUT2D eigenvalue weighted by Gasteiger charge is 2.17. The number of carbonyl (C=O) groups is 1. The Balaban J connectivity index is 2.32. The first kappa shape index (κ1) is 11.2. The summed E-state index contributed by atoms with van der Waals surface area (Å²) in [6.07, 6.45) is 1.75. The molecule has 0 radical (unpaired) electrons. The van der Waals surface area contributed by atoms with Crippen molar-refractivity contribution in [1.82, 2.24) is 9.97 Å². The Morgan fingerprint density at radius 3 is 3.00 bits per heavy atom. The van der Waals surface area contributed by atoms with Gasteiger partial charge in [0.15, 0.2) is 5.69 Å². The predicted molar refractivity (Wildman–Crippen MR) is 63.9 cm³/mol. The van der Waals surface area contributed by atoms with E-state index in [1.165, 1.54) is 22.7 Å². The van der Waals surface area contributed by atoms with E-state index in [2.05, 4.69) is 9.97 Å². The highest BCUT2D eigenvalue weighted by Crippen LogP contribution is 2.30. The molecule has 0 unspecified atom stereocenters. The van der Waals surface area contributed by atoms with Gasteiger partial charge in [0, 0.05) is 11.1 Å². The molecule has 0 atom stereocenters. The number of aromatic nitrogens is 2. The van der Waals surface area contributed by atoms with Gasteiger partial charge in [0.05, 0.1) is 17.0 Å². The molecule has 4 nitrogen and oxygen atoms in total. The standard InChI is InChI=1S/C10H10N2O2S2/c1-3-14-10(13)8-6(2)16-9(12-8)7-4-11-5-15-7/h4-5H,3H2,1-2H3. The molecule has 6 heteroatoms. The van der Waals surface area contributed by atoms with Crippen LogP contribution in [0, 0.1) is 6.92 Å². The third kappa shape index (κ3) is 2.12. The van der Waals surface area contributed by atoms with E-state index in [4.69, 9.17) is 4.74 Å². The number of aryl methyl sites for hydroxylation is 1. The SMILES string of the molecule is CCOC(=O)c1nc(-c2cncs2)sc1C. The van der Waals surface area contributed by atoms with Crippen LogP contribution in [0.4, 0.5) is 0 Å². The van der Waals surface area contributed by atoms with Crippen molar-refractivity contribution in [2.45, 2.75) is 13.8 Å². The van der Waals surface area contributed by atoms with Crippen LogP contribution in [0.25, 0.3) is 9.88 Å². The number of hydrogen-bond acceptors (Lipinski definition) is 6. The molecule has 0 N–H and O–H groups in total. The van der Waals surface area contributed by atoms with Crippen LogP contribution in [0.15, 0.2) is 11.7 Å². The molecule has 0 fully saturated rings. The van der Waals surface area contributed by atoms with Gasteiger partial charge >= 0.3 is 5.97 Å². The molecule has 0 aliphatic rings. The largest absolute Gasteiger partial charge is 0.461 e. The van der Waals surface area contributed by atoms with Crippen LogP contribution in [0.2, 0.25) is 0 Å². The van der Waals surface area contributed by atoms with Gasteiger partial charge in [-0.2, -0.15) is 0 Å². The van der Waals surface area contributed by atoms with Gasteiger partial charge in [-0.3, -0.25) is 4.98 Å². The molecule has 0 aliphatic heterocycles. The molecule has 2 aromatic rings. The van der Waals surface area contributed by atoms with Gasteiger partial charge in [-0.1, -0.05) is 0 Å². The quantitative estimate of drug-likeness (QED) is 0.790. The number of esters is 1. The Labute approximate surface area is 101 Å². The molecule has 2 rings (SSSR count). The number of carbonyl (C=O) groups excluding carboxylic acids is 1. The van der Waals surface area contributed by atoms with Crippen molar-refractivity contribution < 1.29 is 9.53 Å². The van der Waals surface area contributed by atoms with Gasteiger partial charge in [0.2, 0.25) is 0 Å². The Morgan fingerprint density at radius 1 is 1.56 bits per heavy atom. The fraction of sp³-hybridized carbons (Fsp3) is 0.300. The van der Waals surface area contributed by atoms with Crippen molar-refractivity contribution in [2.75, 3.05) is 6.61 Å². The lowest BCUT2D eigenvalue weighted by molar-refractivity contribution is 0.0519. The summed E-state index contributed by atoms with van der Waals surface area (Å²) in [4.78, 5) is 21.7. The first-order valence-corrected chi connectivity index (χ1v) is 6.45. The maximum absolute atomic E-state index is 11.6. The van der Waals surface area contributed by atoms with Gasteiger partial charge in [0.1, 0.15) is 5.01 Å². The fourth-order valence-corrected chi connectivity index (χ4v) is 2.79. The fourth-order valence-electron chi connectivity index (χ4n) is 1.21. The summed E-state index contributed by atoms with van der Waals surface area (Å²) in [7, 11) is 0. The molecule has 0 aromatic carbocycles. The van der Waals surface area contributed by atoms with E-state index in [0.717, 1.165) is 14.8 Å². The molecule has 0 aliphatic carbocycles. The van der Waals surface area contributed by atoms with Crippen LogP contribution in [0.3, 0.4) is 0 Å². The second-order valence-corrected chi connectivity index (χ2v) is 5.10. The zero-order valence-corrected chi connectivity index (χ0v) is 10.5. The van der Waals surface area contributed by atoms with Crippen molar-refractivity contribution in [3.63, 3.8) is 0 Å². The van der Waals surface area contributed by atoms with Crippen LogP contribution in [0.5, 0.6) is 0 Å². The van der Waals surface area contributed by atoms with Crippen molar-refractivity contribution in [3.05, 3.63) is 22.3 Å². The zero-order valence-electron chi connectivity index (χ0n) is 8.89. The number of rotatable bonds is 3. The monoisotopic (exact) mass is 254 g/mol. The smallest absolute Gasteiger partial charge is 0.358 e. The molecule has 16 heavy (non-hydrogen) atoms. The van der Waals surface area contributed by atoms with Gasteiger partial charge < -0.3 is 4.74 Å². The lowest BCUT2D eigenvalue weighted by Crippen LogP contribution is -2.06. The number of ether oxygens (including phenoxy) is 1. The molecular formula is C10H10N2O2S2. The van der Waals surface area contributed by atoms with Crippen molar-refractivity contribution in [1.29, 1.82) is 0 Å². The molecule has 0 saturated heterocycles. The molecule has 2 aromatic heterocycles. The van der Waals surface area contributed by atoms with Crippen LogP contribution < -0.4 is 0 Å². The molecule has 0 amide bonds. The third-order valence-corrected chi connectivity index (χ3v) is 3.82. The minimum Gasteiger partial charge on any atom is -0.461 e. The number of thiazole rings is 2. The summed E-state index contributed by atoms with van der Waals surface area (Å²) in [5, 5.41) is 0.822. The average molecular weight is 254 g/mol. The number of nitrogens with zero attached hydrogens (tertiary/aromatic N) is 2. The topological polar surface area (TPSA) is 52.1 Å². The molecule has 2 heterocycles. The Hall–Kier alpha value is -1.27. The van der Waals surface area contributed by atoms with E-state index in [1.807, 2.05) is 6.92 Å². The molecule has 0 saturated carbocycles. The maximum Gasteiger partial charge on any atom is 0.358 e. The van der Waals surface area contributed by atoms with E-state index in [1.54, 1.807) is 18.6 Å². The van der Waals surface area contributed by atoms with Crippen LogP contribution in [0.1, 0.15) is 22.3 Å². The first-order chi connectivity index (χ1) is 7.72. The molecule has 84 valence electrons. The van der Waals surface area contributed by atoms with E-state index in [0.29, 0.717) is 12.3 Å². The van der Waals surface area contributed by atoms with Gasteiger partial charge in [-0.05, 0) is 13.8 Å². The van der Waals surface area contributed by atoms with Gasteiger partial charge in [-0.25, -0.2) is 9.78 Å². The highest BCUT2D eigenvalue weighted by atomic mass is 32.1. The lowest BCUT2D eigenvalue weighted by Gasteiger charge is -1.97. The van der Waals surface area contributed by atoms with Crippen molar-refractivity contribution in [3.8, 4) is 9.88 Å². The summed E-state index contributed by atoms with van der Waals surface area (Å²) in [6, 6.07) is 0. The predicted octanol–water partition coefficient (Wildman–Crippen LogP) is 2.75. The summed E-state index contributed by atoms with van der Waals surface area (Å²) >= 11 is 2.99. The van der Waals surface area contributed by atoms with Crippen LogP contribution >= 0.6 is 22.7 Å². The Morgan fingerprint density at radius 2 is 2.38 bits per heavy atom. The second-order valence-electron chi connectivity index (χ2n) is 3.01. The third-order valence-electron chi connectivity index (χ3n) is 1.91. The molecular weight excluding hydrogens is 244 g/mol. The summed E-state index contributed by atoms with van der Waals surface area (Å²) < 4.78 is 4.93. The average Bonchev–Trinajstić information content (AvgIpc) is 2.86. The number of hydrogen-bond donors (Lipinski definition) is 0. The van der Waals surface area contributed by atoms with Crippen LogP contribution in [-0.2, 0) is 4.74 Å². The Kier molecular flexibility index (Phi) is 3.31. The zero-order chi connectivity index (χ0) is 11.5. The lowest BCUT2D eigenvalue weighted by atomic mass is 10.4. The van der Waals surface area contributed by atoms with Gasteiger partial charge in [0.25, 0.3) is 0 Å². The highest BCUT2D eigenvalue weighted by molar-refractivity contribution is 7.20. The maximum atomic E-state index is 11.6. The van der Waals surface area contributed by atoms with Crippen molar-refractivity contribution >= 4 is 28.6 Å². The van der Waals surface area contributed by atoms with E-state index < -0.39 is 0 Å². The van der Waals surface area contributed by atoms with E-state index in [-0.39, 0.29) is 5.97 Å². The van der Waals surface area contributed by atoms with Crippen molar-refractivity contribution in [2.24, 2.45) is 0 Å². The minimum atomic E-state index is -0.355. The van der Waals surface area contributed by atoms with Gasteiger partial charge in [-0.15, -0.1) is 22.7 Å². The second kappa shape index (κ2) is 4.71. The normalized spacial score (nSPS) is 10.4. The summed E-state index contributed by atoms with van der Waals surface area (Å²) in [6.45, 7) is 4.02. The molecule has 0 bridgehead atoms. The molecule has 0 spiro atoms. The van der Waals surface area contributed by atoms with E-state index in [9.17, 15) is 4.79 Å².